The third-order valence-corrected chi connectivity index (χ3v) is 3.82. The first-order valence-corrected chi connectivity index (χ1v) is 7.06. The number of hydrogen-bond donors (Lipinski definition) is 0. The summed E-state index contributed by atoms with van der Waals surface area (Å²) < 4.78 is 1.95. The van der Waals surface area contributed by atoms with E-state index in [1.165, 1.54) is 0 Å². The molecule has 4 rings (SSSR count). The molecule has 0 N–H and O–H groups in total. The number of halogens is 1. The van der Waals surface area contributed by atoms with Crippen molar-refractivity contribution >= 4 is 33.5 Å². The average molecular weight is 305 g/mol. The molecular weight excluding hydrogens is 296 g/mol. The van der Waals surface area contributed by atoms with Gasteiger partial charge in [0.25, 0.3) is 0 Å². The van der Waals surface area contributed by atoms with E-state index in [-0.39, 0.29) is 0 Å². The molecule has 0 saturated heterocycles. The summed E-state index contributed by atoms with van der Waals surface area (Å²) in [4.78, 5) is 8.81. The van der Waals surface area contributed by atoms with E-state index in [1.54, 1.807) is 18.6 Å². The summed E-state index contributed by atoms with van der Waals surface area (Å²) in [6.45, 7) is 0. The van der Waals surface area contributed by atoms with E-state index in [9.17, 15) is 0 Å². The molecule has 0 amide bonds. The lowest BCUT2D eigenvalue weighted by atomic mass is 10.1. The van der Waals surface area contributed by atoms with Crippen LogP contribution in [0, 0.1) is 11.3 Å². The van der Waals surface area contributed by atoms with Crippen molar-refractivity contribution in [2.75, 3.05) is 0 Å². The van der Waals surface area contributed by atoms with Gasteiger partial charge >= 0.3 is 0 Å². The fourth-order valence-corrected chi connectivity index (χ4v) is 2.76. The van der Waals surface area contributed by atoms with Gasteiger partial charge in [0.15, 0.2) is 0 Å². The van der Waals surface area contributed by atoms with E-state index in [1.807, 2.05) is 41.0 Å². The van der Waals surface area contributed by atoms with E-state index in [0.29, 0.717) is 10.6 Å². The second-order valence-electron chi connectivity index (χ2n) is 4.93. The standard InChI is InChI=1S/C17H9ClN4/c18-12-4-5-15-14(7-12)17-16(9-20-15)21-10-22(17)13-3-1-2-11(6-13)8-19/h1-7,9-10H. The van der Waals surface area contributed by atoms with Crippen molar-refractivity contribution in [3.05, 3.63) is 65.6 Å². The van der Waals surface area contributed by atoms with Gasteiger partial charge in [-0.25, -0.2) is 4.98 Å². The largest absolute Gasteiger partial charge is 0.298 e. The quantitative estimate of drug-likeness (QED) is 0.532. The molecule has 0 bridgehead atoms. The van der Waals surface area contributed by atoms with Crippen molar-refractivity contribution in [1.29, 1.82) is 5.26 Å². The Morgan fingerprint density at radius 1 is 1.05 bits per heavy atom. The van der Waals surface area contributed by atoms with Crippen LogP contribution in [0.1, 0.15) is 5.56 Å². The summed E-state index contributed by atoms with van der Waals surface area (Å²) in [5.74, 6) is 0. The summed E-state index contributed by atoms with van der Waals surface area (Å²) in [7, 11) is 0. The molecule has 0 unspecified atom stereocenters. The van der Waals surface area contributed by atoms with Crippen LogP contribution in [0.4, 0.5) is 0 Å². The van der Waals surface area contributed by atoms with Crippen LogP contribution < -0.4 is 0 Å². The van der Waals surface area contributed by atoms with E-state index in [2.05, 4.69) is 16.0 Å². The number of rotatable bonds is 1. The number of nitriles is 1. The topological polar surface area (TPSA) is 54.5 Å². The zero-order valence-corrected chi connectivity index (χ0v) is 12.1. The highest BCUT2D eigenvalue weighted by molar-refractivity contribution is 6.31. The molecule has 0 atom stereocenters. The predicted molar refractivity (Wildman–Crippen MR) is 86.1 cm³/mol. The average Bonchev–Trinajstić information content (AvgIpc) is 2.99. The molecule has 2 aromatic heterocycles. The molecule has 5 heteroatoms. The Kier molecular flexibility index (Phi) is 2.81. The summed E-state index contributed by atoms with van der Waals surface area (Å²) >= 11 is 6.13. The molecule has 0 spiro atoms. The molecule has 4 aromatic rings. The number of benzene rings is 2. The van der Waals surface area contributed by atoms with Crippen molar-refractivity contribution in [3.63, 3.8) is 0 Å². The predicted octanol–water partition coefficient (Wildman–Crippen LogP) is 4.10. The summed E-state index contributed by atoms with van der Waals surface area (Å²) in [5, 5.41) is 10.7. The minimum absolute atomic E-state index is 0.607. The molecule has 22 heavy (non-hydrogen) atoms. The maximum Gasteiger partial charge on any atom is 0.108 e. The zero-order chi connectivity index (χ0) is 15.1. The molecule has 2 heterocycles. The fourth-order valence-electron chi connectivity index (χ4n) is 2.59. The number of pyridine rings is 1. The first-order chi connectivity index (χ1) is 10.8. The first kappa shape index (κ1) is 12.8. The molecule has 4 nitrogen and oxygen atoms in total. The van der Waals surface area contributed by atoms with Crippen LogP contribution in [0.2, 0.25) is 5.02 Å². The highest BCUT2D eigenvalue weighted by Gasteiger charge is 2.10. The maximum absolute atomic E-state index is 9.08. The van der Waals surface area contributed by atoms with Crippen LogP contribution >= 0.6 is 11.6 Å². The van der Waals surface area contributed by atoms with Crippen LogP contribution in [-0.2, 0) is 0 Å². The number of aromatic nitrogens is 3. The van der Waals surface area contributed by atoms with Crippen molar-refractivity contribution in [2.24, 2.45) is 0 Å². The fraction of sp³-hybridized carbons (Fsp3) is 0. The lowest BCUT2D eigenvalue weighted by Gasteiger charge is -2.07. The van der Waals surface area contributed by atoms with Crippen LogP contribution in [-0.4, -0.2) is 14.5 Å². The monoisotopic (exact) mass is 304 g/mol. The summed E-state index contributed by atoms with van der Waals surface area (Å²) in [6.07, 6.45) is 3.49. The van der Waals surface area contributed by atoms with Gasteiger partial charge in [-0.1, -0.05) is 17.7 Å². The van der Waals surface area contributed by atoms with Crippen molar-refractivity contribution < 1.29 is 0 Å². The first-order valence-electron chi connectivity index (χ1n) is 6.68. The molecular formula is C17H9ClN4. The zero-order valence-electron chi connectivity index (χ0n) is 11.4. The van der Waals surface area contributed by atoms with Gasteiger partial charge in [0, 0.05) is 16.1 Å². The van der Waals surface area contributed by atoms with Gasteiger partial charge in [-0.3, -0.25) is 9.55 Å². The number of hydrogen-bond acceptors (Lipinski definition) is 3. The Morgan fingerprint density at radius 2 is 1.95 bits per heavy atom. The second-order valence-corrected chi connectivity index (χ2v) is 5.37. The SMILES string of the molecule is N#Cc1cccc(-n2cnc3cnc4ccc(Cl)cc4c32)c1. The Bertz CT molecular complexity index is 1060. The molecule has 0 aliphatic rings. The minimum Gasteiger partial charge on any atom is -0.298 e. The molecule has 0 saturated carbocycles. The summed E-state index contributed by atoms with van der Waals surface area (Å²) in [5.41, 5.74) is 4.07. The lowest BCUT2D eigenvalue weighted by Crippen LogP contribution is -1.94. The van der Waals surface area contributed by atoms with Crippen molar-refractivity contribution in [3.8, 4) is 11.8 Å². The van der Waals surface area contributed by atoms with Gasteiger partial charge in [0.05, 0.1) is 28.9 Å². The lowest BCUT2D eigenvalue weighted by molar-refractivity contribution is 1.09. The van der Waals surface area contributed by atoms with Gasteiger partial charge in [-0.05, 0) is 36.4 Å². The second kappa shape index (κ2) is 4.83. The van der Waals surface area contributed by atoms with E-state index >= 15 is 0 Å². The van der Waals surface area contributed by atoms with Crippen LogP contribution in [0.25, 0.3) is 27.6 Å². The smallest absolute Gasteiger partial charge is 0.108 e. The molecule has 0 aliphatic heterocycles. The highest BCUT2D eigenvalue weighted by Crippen LogP contribution is 2.27. The van der Waals surface area contributed by atoms with E-state index in [0.717, 1.165) is 27.6 Å². The molecule has 2 aromatic carbocycles. The Labute approximate surface area is 131 Å². The van der Waals surface area contributed by atoms with Crippen molar-refractivity contribution in [2.45, 2.75) is 0 Å². The molecule has 0 fully saturated rings. The Hall–Kier alpha value is -2.90. The third kappa shape index (κ3) is 1.92. The normalized spacial score (nSPS) is 10.9. The molecule has 104 valence electrons. The number of fused-ring (bicyclic) bond motifs is 3. The molecule has 0 aliphatic carbocycles. The van der Waals surface area contributed by atoms with Gasteiger partial charge in [-0.15, -0.1) is 0 Å². The van der Waals surface area contributed by atoms with Crippen LogP contribution in [0.15, 0.2) is 55.0 Å². The Morgan fingerprint density at radius 3 is 2.82 bits per heavy atom. The van der Waals surface area contributed by atoms with Gasteiger partial charge in [-0.2, -0.15) is 5.26 Å². The number of nitrogens with zero attached hydrogens (tertiary/aromatic N) is 4. The third-order valence-electron chi connectivity index (χ3n) is 3.59. The number of imidazole rings is 1. The van der Waals surface area contributed by atoms with E-state index < -0.39 is 0 Å². The van der Waals surface area contributed by atoms with Gasteiger partial charge < -0.3 is 0 Å². The summed E-state index contributed by atoms with van der Waals surface area (Å²) in [6, 6.07) is 15.2. The van der Waals surface area contributed by atoms with Gasteiger partial charge in [0.2, 0.25) is 0 Å². The van der Waals surface area contributed by atoms with Crippen LogP contribution in [0.5, 0.6) is 0 Å². The highest BCUT2D eigenvalue weighted by atomic mass is 35.5. The van der Waals surface area contributed by atoms with Crippen molar-refractivity contribution in [1.82, 2.24) is 14.5 Å². The van der Waals surface area contributed by atoms with E-state index in [4.69, 9.17) is 16.9 Å². The minimum atomic E-state index is 0.607. The van der Waals surface area contributed by atoms with Crippen LogP contribution in [0.3, 0.4) is 0 Å². The molecule has 0 radical (unpaired) electrons. The van der Waals surface area contributed by atoms with Gasteiger partial charge in [0.1, 0.15) is 11.8 Å². The maximum atomic E-state index is 9.08. The Balaban J connectivity index is 2.10.